The number of anilines is 1. The molecule has 0 bridgehead atoms. The first-order valence-corrected chi connectivity index (χ1v) is 8.46. The second-order valence-corrected chi connectivity index (χ2v) is 6.89. The van der Waals surface area contributed by atoms with Crippen LogP contribution in [0.5, 0.6) is 0 Å². The van der Waals surface area contributed by atoms with Crippen LogP contribution in [-0.2, 0) is 6.42 Å². The summed E-state index contributed by atoms with van der Waals surface area (Å²) in [5.74, 6) is 0.0778. The normalized spacial score (nSPS) is 19.2. The molecule has 5 heteroatoms. The minimum absolute atomic E-state index is 0.0778. The Morgan fingerprint density at radius 3 is 2.92 bits per heavy atom. The Labute approximate surface area is 144 Å². The Bertz CT molecular complexity index is 993. The lowest BCUT2D eigenvalue weighted by molar-refractivity contribution is 0.0634. The zero-order valence-corrected chi connectivity index (χ0v) is 14.0. The van der Waals surface area contributed by atoms with E-state index in [-0.39, 0.29) is 12.1 Å². The lowest BCUT2D eigenvalue weighted by Crippen LogP contribution is -2.51. The molecule has 2 aliphatic rings. The molecular weight excluding hydrogens is 322 g/mol. The quantitative estimate of drug-likeness (QED) is 0.674. The third-order valence-corrected chi connectivity index (χ3v) is 5.44. The number of benzene rings is 2. The van der Waals surface area contributed by atoms with Gasteiger partial charge in [-0.25, -0.2) is 0 Å². The molecule has 0 saturated heterocycles. The molecule has 2 aliphatic heterocycles. The molecule has 3 heterocycles. The number of para-hydroxylation sites is 1. The lowest BCUT2D eigenvalue weighted by atomic mass is 9.96. The minimum atomic E-state index is -0.111. The lowest BCUT2D eigenvalue weighted by Gasteiger charge is -2.46. The fourth-order valence-corrected chi connectivity index (χ4v) is 4.27. The maximum absolute atomic E-state index is 13.0. The van der Waals surface area contributed by atoms with Crippen LogP contribution >= 0.6 is 11.6 Å². The zero-order valence-electron chi connectivity index (χ0n) is 13.2. The molecule has 5 rings (SSSR count). The summed E-state index contributed by atoms with van der Waals surface area (Å²) < 4.78 is 0. The van der Waals surface area contributed by atoms with Crippen molar-refractivity contribution in [2.24, 2.45) is 0 Å². The number of halogens is 1. The highest BCUT2D eigenvalue weighted by Crippen LogP contribution is 2.43. The first kappa shape index (κ1) is 13.9. The number of hydrogen-bond donors (Lipinski definition) is 1. The third kappa shape index (κ3) is 1.72. The second kappa shape index (κ2) is 4.77. The third-order valence-electron chi connectivity index (χ3n) is 5.20. The van der Waals surface area contributed by atoms with E-state index < -0.39 is 0 Å². The summed E-state index contributed by atoms with van der Waals surface area (Å²) in [6.07, 6.45) is 0.762. The summed E-state index contributed by atoms with van der Waals surface area (Å²) in [7, 11) is 2.03. The van der Waals surface area contributed by atoms with Crippen LogP contribution in [0.1, 0.15) is 27.8 Å². The van der Waals surface area contributed by atoms with Gasteiger partial charge < -0.3 is 14.8 Å². The SMILES string of the molecule is CN1c2cc(Cl)ccc2C(=O)N2CCc3c([nH]c4ccccc34)[C@H]21. The van der Waals surface area contributed by atoms with Crippen LogP contribution in [0.15, 0.2) is 42.5 Å². The van der Waals surface area contributed by atoms with Crippen molar-refractivity contribution in [1.29, 1.82) is 0 Å². The first-order valence-electron chi connectivity index (χ1n) is 8.08. The number of amides is 1. The van der Waals surface area contributed by atoms with Gasteiger partial charge in [0.2, 0.25) is 0 Å². The van der Waals surface area contributed by atoms with Crippen molar-refractivity contribution in [3.63, 3.8) is 0 Å². The molecule has 1 amide bonds. The first-order chi connectivity index (χ1) is 11.6. The van der Waals surface area contributed by atoms with Gasteiger partial charge in [0.1, 0.15) is 6.17 Å². The van der Waals surface area contributed by atoms with Crippen LogP contribution in [0, 0.1) is 0 Å². The molecule has 1 aromatic heterocycles. The number of rotatable bonds is 0. The van der Waals surface area contributed by atoms with Crippen LogP contribution in [-0.4, -0.2) is 29.4 Å². The number of nitrogens with zero attached hydrogens (tertiary/aromatic N) is 2. The van der Waals surface area contributed by atoms with Gasteiger partial charge in [0.05, 0.1) is 16.9 Å². The van der Waals surface area contributed by atoms with Crippen molar-refractivity contribution in [2.75, 3.05) is 18.5 Å². The number of carbonyl (C=O) groups is 1. The Morgan fingerprint density at radius 2 is 2.04 bits per heavy atom. The predicted molar refractivity (Wildman–Crippen MR) is 95.6 cm³/mol. The number of carbonyl (C=O) groups excluding carboxylic acids is 1. The fraction of sp³-hybridized carbons (Fsp3) is 0.211. The van der Waals surface area contributed by atoms with Crippen molar-refractivity contribution < 1.29 is 4.79 Å². The number of aromatic nitrogens is 1. The van der Waals surface area contributed by atoms with Gasteiger partial charge >= 0.3 is 0 Å². The molecule has 1 N–H and O–H groups in total. The van der Waals surface area contributed by atoms with Crippen LogP contribution in [0.3, 0.4) is 0 Å². The number of nitrogens with one attached hydrogen (secondary N) is 1. The summed E-state index contributed by atoms with van der Waals surface area (Å²) in [5.41, 5.74) is 5.17. The van der Waals surface area contributed by atoms with E-state index in [1.54, 1.807) is 6.07 Å². The van der Waals surface area contributed by atoms with E-state index in [9.17, 15) is 4.79 Å². The standard InChI is InChI=1S/C19H16ClN3O/c1-22-16-10-11(20)6-7-14(16)19(24)23-9-8-13-12-4-2-3-5-15(12)21-17(13)18(22)23/h2-7,10,18,21H,8-9H2,1H3/t18-/m0/s1. The van der Waals surface area contributed by atoms with Crippen LogP contribution in [0.2, 0.25) is 5.02 Å². The van der Waals surface area contributed by atoms with Gasteiger partial charge in [-0.3, -0.25) is 4.79 Å². The van der Waals surface area contributed by atoms with E-state index in [2.05, 4.69) is 28.1 Å². The summed E-state index contributed by atoms with van der Waals surface area (Å²) in [4.78, 5) is 20.6. The largest absolute Gasteiger partial charge is 0.355 e. The zero-order chi connectivity index (χ0) is 16.4. The number of H-pyrrole nitrogens is 1. The van der Waals surface area contributed by atoms with Crippen LogP contribution in [0.25, 0.3) is 10.9 Å². The Morgan fingerprint density at radius 1 is 1.21 bits per heavy atom. The maximum Gasteiger partial charge on any atom is 0.257 e. The second-order valence-electron chi connectivity index (χ2n) is 6.46. The van der Waals surface area contributed by atoms with E-state index in [0.717, 1.165) is 35.4 Å². The van der Waals surface area contributed by atoms with E-state index in [1.807, 2.05) is 30.1 Å². The summed E-state index contributed by atoms with van der Waals surface area (Å²) in [6.45, 7) is 0.727. The monoisotopic (exact) mass is 337 g/mol. The van der Waals surface area contributed by atoms with Gasteiger partial charge in [-0.2, -0.15) is 0 Å². The highest BCUT2D eigenvalue weighted by molar-refractivity contribution is 6.31. The number of aromatic amines is 1. The Hall–Kier alpha value is -2.46. The molecule has 0 radical (unpaired) electrons. The van der Waals surface area contributed by atoms with Crippen molar-refractivity contribution in [2.45, 2.75) is 12.6 Å². The van der Waals surface area contributed by atoms with E-state index in [1.165, 1.54) is 10.9 Å². The minimum Gasteiger partial charge on any atom is -0.355 e. The van der Waals surface area contributed by atoms with Gasteiger partial charge in [0.25, 0.3) is 5.91 Å². The molecule has 4 nitrogen and oxygen atoms in total. The van der Waals surface area contributed by atoms with Gasteiger partial charge in [-0.15, -0.1) is 0 Å². The average molecular weight is 338 g/mol. The topological polar surface area (TPSA) is 39.3 Å². The van der Waals surface area contributed by atoms with Crippen LogP contribution < -0.4 is 4.90 Å². The van der Waals surface area contributed by atoms with Gasteiger partial charge in [0, 0.05) is 29.5 Å². The van der Waals surface area contributed by atoms with Gasteiger partial charge in [-0.1, -0.05) is 29.8 Å². The summed E-state index contributed by atoms with van der Waals surface area (Å²) >= 11 is 6.17. The van der Waals surface area contributed by atoms with Gasteiger partial charge in [-0.05, 0) is 36.2 Å². The van der Waals surface area contributed by atoms with Gasteiger partial charge in [0.15, 0.2) is 0 Å². The smallest absolute Gasteiger partial charge is 0.257 e. The molecule has 1 atom stereocenters. The molecule has 0 saturated carbocycles. The molecular formula is C19H16ClN3O. The Balaban J connectivity index is 1.74. The average Bonchev–Trinajstić information content (AvgIpc) is 2.97. The highest BCUT2D eigenvalue weighted by Gasteiger charge is 2.41. The molecule has 120 valence electrons. The summed E-state index contributed by atoms with van der Waals surface area (Å²) in [5, 5.41) is 1.90. The number of hydrogen-bond acceptors (Lipinski definition) is 2. The fourth-order valence-electron chi connectivity index (χ4n) is 4.10. The maximum atomic E-state index is 13.0. The van der Waals surface area contributed by atoms with Crippen LogP contribution in [0.4, 0.5) is 5.69 Å². The molecule has 0 spiro atoms. The van der Waals surface area contributed by atoms with Crippen molar-refractivity contribution in [3.8, 4) is 0 Å². The van der Waals surface area contributed by atoms with E-state index in [0.29, 0.717) is 5.02 Å². The molecule has 24 heavy (non-hydrogen) atoms. The van der Waals surface area contributed by atoms with E-state index >= 15 is 0 Å². The highest BCUT2D eigenvalue weighted by atomic mass is 35.5. The molecule has 0 fully saturated rings. The predicted octanol–water partition coefficient (Wildman–Crippen LogP) is 3.97. The summed E-state index contributed by atoms with van der Waals surface area (Å²) in [6, 6.07) is 13.8. The van der Waals surface area contributed by atoms with Crippen molar-refractivity contribution in [1.82, 2.24) is 9.88 Å². The molecule has 0 aliphatic carbocycles. The molecule has 0 unspecified atom stereocenters. The van der Waals surface area contributed by atoms with Crippen molar-refractivity contribution in [3.05, 3.63) is 64.3 Å². The van der Waals surface area contributed by atoms with E-state index in [4.69, 9.17) is 11.6 Å². The molecule has 3 aromatic rings. The number of fused-ring (bicyclic) bond motifs is 6. The molecule has 2 aromatic carbocycles. The van der Waals surface area contributed by atoms with Crippen molar-refractivity contribution >= 4 is 34.1 Å². The Kier molecular flexibility index (Phi) is 2.77.